The Morgan fingerprint density at radius 2 is 1.93 bits per heavy atom. The van der Waals surface area contributed by atoms with E-state index in [2.05, 4.69) is 23.5 Å². The zero-order chi connectivity index (χ0) is 20.1. The lowest BCUT2D eigenvalue weighted by Crippen LogP contribution is -2.50. The normalized spacial score (nSPS) is 26.3. The van der Waals surface area contributed by atoms with Gasteiger partial charge in [0.25, 0.3) is 0 Å². The fourth-order valence-electron chi connectivity index (χ4n) is 4.07. The van der Waals surface area contributed by atoms with Gasteiger partial charge in [-0.1, -0.05) is 12.1 Å². The number of carbonyl (C=O) groups excluding carboxylic acids is 1. The van der Waals surface area contributed by atoms with Gasteiger partial charge in [-0.05, 0) is 50.5 Å². The lowest BCUT2D eigenvalue weighted by Gasteiger charge is -2.38. The number of alkyl halides is 2. The molecule has 5 nitrogen and oxygen atoms in total. The smallest absolute Gasteiger partial charge is 0.387 e. The van der Waals surface area contributed by atoms with E-state index in [0.717, 1.165) is 44.6 Å². The summed E-state index contributed by atoms with van der Waals surface area (Å²) in [5, 5.41) is 0. The summed E-state index contributed by atoms with van der Waals surface area (Å²) >= 11 is 0. The molecule has 0 N–H and O–H groups in total. The molecule has 2 fully saturated rings. The average Bonchev–Trinajstić information content (AvgIpc) is 3.07. The standard InChI is InChI=1S/C21H28F2N2O3/c1-15-12-24(13-16(2)27-15)14-18-4-3-11-25(18)20(26)10-7-17-5-8-19(9-6-17)28-21(22)23/h5-10,15-16,18,21H,3-4,11-14H2,1-2H3/b10-7+. The Kier molecular flexibility index (Phi) is 7.02. The number of carbonyl (C=O) groups is 1. The van der Waals surface area contributed by atoms with Crippen LogP contribution in [0.3, 0.4) is 0 Å². The summed E-state index contributed by atoms with van der Waals surface area (Å²) in [5.41, 5.74) is 0.765. The van der Waals surface area contributed by atoms with Crippen LogP contribution in [0.15, 0.2) is 30.3 Å². The highest BCUT2D eigenvalue weighted by Crippen LogP contribution is 2.21. The zero-order valence-electron chi connectivity index (χ0n) is 16.4. The first-order chi connectivity index (χ1) is 13.4. The van der Waals surface area contributed by atoms with Crippen LogP contribution in [0.5, 0.6) is 5.75 Å². The van der Waals surface area contributed by atoms with E-state index in [9.17, 15) is 13.6 Å². The van der Waals surface area contributed by atoms with Crippen LogP contribution in [0.4, 0.5) is 8.78 Å². The van der Waals surface area contributed by atoms with Crippen molar-refractivity contribution in [2.24, 2.45) is 0 Å². The minimum Gasteiger partial charge on any atom is -0.435 e. The summed E-state index contributed by atoms with van der Waals surface area (Å²) < 4.78 is 34.5. The van der Waals surface area contributed by atoms with E-state index in [1.54, 1.807) is 24.3 Å². The molecule has 0 radical (unpaired) electrons. The van der Waals surface area contributed by atoms with Gasteiger partial charge in [0.05, 0.1) is 12.2 Å². The summed E-state index contributed by atoms with van der Waals surface area (Å²) in [6.45, 7) is 4.76. The fourth-order valence-corrected chi connectivity index (χ4v) is 4.07. The van der Waals surface area contributed by atoms with Gasteiger partial charge < -0.3 is 14.4 Å². The Hall–Kier alpha value is -1.99. The monoisotopic (exact) mass is 394 g/mol. The number of hydrogen-bond donors (Lipinski definition) is 0. The first-order valence-corrected chi connectivity index (χ1v) is 9.82. The number of halogens is 2. The molecule has 0 saturated carbocycles. The van der Waals surface area contributed by atoms with E-state index in [1.165, 1.54) is 12.1 Å². The maximum atomic E-state index is 12.7. The molecule has 3 unspecified atom stereocenters. The van der Waals surface area contributed by atoms with Crippen LogP contribution in [0.1, 0.15) is 32.3 Å². The van der Waals surface area contributed by atoms with Crippen LogP contribution in [-0.2, 0) is 9.53 Å². The summed E-state index contributed by atoms with van der Waals surface area (Å²) in [6.07, 6.45) is 5.73. The first-order valence-electron chi connectivity index (χ1n) is 9.82. The van der Waals surface area contributed by atoms with Crippen molar-refractivity contribution in [2.45, 2.75) is 51.6 Å². The quantitative estimate of drug-likeness (QED) is 0.694. The molecular formula is C21H28F2N2O3. The molecule has 2 heterocycles. The highest BCUT2D eigenvalue weighted by Gasteiger charge is 2.31. The number of hydrogen-bond acceptors (Lipinski definition) is 4. The van der Waals surface area contributed by atoms with Gasteiger partial charge in [0.1, 0.15) is 5.75 Å². The van der Waals surface area contributed by atoms with E-state index in [0.29, 0.717) is 0 Å². The molecule has 7 heteroatoms. The molecule has 0 aliphatic carbocycles. The Balaban J connectivity index is 1.56. The molecule has 1 aromatic carbocycles. The fraction of sp³-hybridized carbons (Fsp3) is 0.571. The van der Waals surface area contributed by atoms with Gasteiger partial charge in [0.15, 0.2) is 0 Å². The lowest BCUT2D eigenvalue weighted by molar-refractivity contribution is -0.127. The minimum absolute atomic E-state index is 0.00948. The Morgan fingerprint density at radius 3 is 2.57 bits per heavy atom. The highest BCUT2D eigenvalue weighted by atomic mass is 19.3. The van der Waals surface area contributed by atoms with Crippen molar-refractivity contribution in [3.05, 3.63) is 35.9 Å². The number of amides is 1. The SMILES string of the molecule is CC1CN(CC2CCCN2C(=O)/C=C/c2ccc(OC(F)F)cc2)CC(C)O1. The minimum atomic E-state index is -2.84. The van der Waals surface area contributed by atoms with Gasteiger partial charge in [-0.3, -0.25) is 9.69 Å². The lowest BCUT2D eigenvalue weighted by atomic mass is 10.1. The van der Waals surface area contributed by atoms with Gasteiger partial charge in [0.2, 0.25) is 5.91 Å². The molecule has 3 rings (SSSR count). The second-order valence-corrected chi connectivity index (χ2v) is 7.58. The van der Waals surface area contributed by atoms with E-state index < -0.39 is 6.61 Å². The zero-order valence-corrected chi connectivity index (χ0v) is 16.4. The molecule has 2 saturated heterocycles. The van der Waals surface area contributed by atoms with E-state index in [1.807, 2.05) is 4.90 Å². The molecule has 1 amide bonds. The molecule has 3 atom stereocenters. The summed E-state index contributed by atoms with van der Waals surface area (Å²) in [7, 11) is 0. The Morgan fingerprint density at radius 1 is 1.25 bits per heavy atom. The van der Waals surface area contributed by atoms with Crippen molar-refractivity contribution in [3.8, 4) is 5.75 Å². The van der Waals surface area contributed by atoms with Crippen LogP contribution >= 0.6 is 0 Å². The third-order valence-electron chi connectivity index (χ3n) is 5.15. The predicted molar refractivity (Wildman–Crippen MR) is 103 cm³/mol. The largest absolute Gasteiger partial charge is 0.435 e. The number of benzene rings is 1. The van der Waals surface area contributed by atoms with Gasteiger partial charge in [-0.25, -0.2) is 0 Å². The van der Waals surface area contributed by atoms with Crippen LogP contribution in [-0.4, -0.2) is 66.7 Å². The highest BCUT2D eigenvalue weighted by molar-refractivity contribution is 5.92. The van der Waals surface area contributed by atoms with Crippen molar-refractivity contribution in [1.29, 1.82) is 0 Å². The van der Waals surface area contributed by atoms with Gasteiger partial charge in [0, 0.05) is 38.3 Å². The summed E-state index contributed by atoms with van der Waals surface area (Å²) in [6, 6.07) is 6.46. The van der Waals surface area contributed by atoms with Crippen molar-refractivity contribution < 1.29 is 23.0 Å². The maximum absolute atomic E-state index is 12.7. The molecule has 28 heavy (non-hydrogen) atoms. The predicted octanol–water partition coefficient (Wildman–Crippen LogP) is 3.40. The molecule has 2 aliphatic rings. The maximum Gasteiger partial charge on any atom is 0.387 e. The molecule has 2 aliphatic heterocycles. The first kappa shape index (κ1) is 20.7. The molecule has 1 aromatic rings. The molecule has 0 bridgehead atoms. The van der Waals surface area contributed by atoms with Crippen LogP contribution in [0.25, 0.3) is 6.08 Å². The van der Waals surface area contributed by atoms with Crippen LogP contribution in [0, 0.1) is 0 Å². The summed E-state index contributed by atoms with van der Waals surface area (Å²) in [4.78, 5) is 17.0. The number of ether oxygens (including phenoxy) is 2. The van der Waals surface area contributed by atoms with Crippen molar-refractivity contribution in [1.82, 2.24) is 9.80 Å². The van der Waals surface area contributed by atoms with Crippen molar-refractivity contribution in [2.75, 3.05) is 26.2 Å². The third-order valence-corrected chi connectivity index (χ3v) is 5.15. The van der Waals surface area contributed by atoms with E-state index >= 15 is 0 Å². The van der Waals surface area contributed by atoms with Gasteiger partial charge in [-0.2, -0.15) is 8.78 Å². The number of morpholine rings is 1. The summed E-state index contributed by atoms with van der Waals surface area (Å²) in [5.74, 6) is 0.0943. The third kappa shape index (κ3) is 5.75. The molecule has 154 valence electrons. The van der Waals surface area contributed by atoms with E-state index in [4.69, 9.17) is 4.74 Å². The van der Waals surface area contributed by atoms with Crippen LogP contribution in [0.2, 0.25) is 0 Å². The second kappa shape index (κ2) is 9.47. The van der Waals surface area contributed by atoms with Gasteiger partial charge in [-0.15, -0.1) is 0 Å². The second-order valence-electron chi connectivity index (χ2n) is 7.58. The Labute approximate surface area is 164 Å². The Bertz CT molecular complexity index is 671. The average molecular weight is 394 g/mol. The molecular weight excluding hydrogens is 366 g/mol. The van der Waals surface area contributed by atoms with Gasteiger partial charge >= 0.3 is 6.61 Å². The number of rotatable bonds is 6. The molecule has 0 spiro atoms. The van der Waals surface area contributed by atoms with E-state index in [-0.39, 0.29) is 29.9 Å². The number of likely N-dealkylation sites (tertiary alicyclic amines) is 1. The molecule has 0 aromatic heterocycles. The number of nitrogens with zero attached hydrogens (tertiary/aromatic N) is 2. The van der Waals surface area contributed by atoms with Crippen molar-refractivity contribution >= 4 is 12.0 Å². The van der Waals surface area contributed by atoms with Crippen molar-refractivity contribution in [3.63, 3.8) is 0 Å². The van der Waals surface area contributed by atoms with Crippen LogP contribution < -0.4 is 4.74 Å². The topological polar surface area (TPSA) is 42.0 Å².